The second-order valence-corrected chi connectivity index (χ2v) is 6.88. The molecule has 0 aliphatic carbocycles. The maximum Gasteiger partial charge on any atom is 0.228 e. The average Bonchev–Trinajstić information content (AvgIpc) is 3.18. The molecule has 0 saturated carbocycles. The summed E-state index contributed by atoms with van der Waals surface area (Å²) in [6.07, 6.45) is 4.46. The molecular formula is C17H21N3OS. The van der Waals surface area contributed by atoms with Crippen LogP contribution in [0.1, 0.15) is 29.3 Å². The molecule has 0 spiro atoms. The summed E-state index contributed by atoms with van der Waals surface area (Å²) in [6, 6.07) is 8.36. The summed E-state index contributed by atoms with van der Waals surface area (Å²) < 4.78 is 0. The highest BCUT2D eigenvalue weighted by Crippen LogP contribution is 2.33. The van der Waals surface area contributed by atoms with E-state index in [0.717, 1.165) is 30.1 Å². The monoisotopic (exact) mass is 315 g/mol. The quantitative estimate of drug-likeness (QED) is 0.870. The van der Waals surface area contributed by atoms with Gasteiger partial charge in [-0.15, -0.1) is 11.3 Å². The molecule has 1 amide bonds. The van der Waals surface area contributed by atoms with Crippen LogP contribution in [-0.2, 0) is 11.2 Å². The fourth-order valence-corrected chi connectivity index (χ4v) is 3.66. The summed E-state index contributed by atoms with van der Waals surface area (Å²) >= 11 is 1.65. The van der Waals surface area contributed by atoms with Gasteiger partial charge in [-0.2, -0.15) is 0 Å². The number of carbonyl (C=O) groups is 1. The van der Waals surface area contributed by atoms with Crippen LogP contribution >= 0.6 is 11.3 Å². The number of hydrogen-bond acceptors (Lipinski definition) is 4. The summed E-state index contributed by atoms with van der Waals surface area (Å²) in [6.45, 7) is 0.856. The predicted octanol–water partition coefficient (Wildman–Crippen LogP) is 3.12. The third-order valence-corrected chi connectivity index (χ3v) is 4.97. The van der Waals surface area contributed by atoms with Gasteiger partial charge in [-0.05, 0) is 42.0 Å². The molecule has 3 rings (SSSR count). The highest BCUT2D eigenvalue weighted by atomic mass is 32.1. The van der Waals surface area contributed by atoms with Crippen molar-refractivity contribution < 1.29 is 4.79 Å². The standard InChI is InChI=1S/C17H21N3OS/c1-19(2)16-11-13(7-8-18-16)15-6-3-9-20(15)17(21)12-14-5-4-10-22-14/h4-5,7-8,10-11,15H,3,6,9,12H2,1-2H3. The van der Waals surface area contributed by atoms with Crippen LogP contribution < -0.4 is 4.90 Å². The molecule has 0 aromatic carbocycles. The van der Waals surface area contributed by atoms with Crippen LogP contribution in [0.5, 0.6) is 0 Å². The summed E-state index contributed by atoms with van der Waals surface area (Å²) in [4.78, 5) is 22.2. The van der Waals surface area contributed by atoms with Crippen LogP contribution in [0.2, 0.25) is 0 Å². The lowest BCUT2D eigenvalue weighted by atomic mass is 10.1. The van der Waals surface area contributed by atoms with Crippen molar-refractivity contribution in [3.05, 3.63) is 46.3 Å². The molecule has 3 heterocycles. The van der Waals surface area contributed by atoms with Crippen LogP contribution in [0, 0.1) is 0 Å². The topological polar surface area (TPSA) is 36.4 Å². The predicted molar refractivity (Wildman–Crippen MR) is 90.3 cm³/mol. The van der Waals surface area contributed by atoms with Gasteiger partial charge in [0.2, 0.25) is 5.91 Å². The number of thiophene rings is 1. The fraction of sp³-hybridized carbons (Fsp3) is 0.412. The van der Waals surface area contributed by atoms with E-state index in [1.807, 2.05) is 53.7 Å². The van der Waals surface area contributed by atoms with Gasteiger partial charge in [-0.1, -0.05) is 6.07 Å². The van der Waals surface area contributed by atoms with Gasteiger partial charge in [0.05, 0.1) is 12.5 Å². The molecule has 2 aromatic heterocycles. The Balaban J connectivity index is 1.78. The van der Waals surface area contributed by atoms with Crippen molar-refractivity contribution in [2.24, 2.45) is 0 Å². The van der Waals surface area contributed by atoms with Gasteiger partial charge < -0.3 is 9.80 Å². The van der Waals surface area contributed by atoms with E-state index in [1.54, 1.807) is 11.3 Å². The maximum absolute atomic E-state index is 12.6. The third kappa shape index (κ3) is 3.14. The van der Waals surface area contributed by atoms with Crippen LogP contribution in [-0.4, -0.2) is 36.4 Å². The van der Waals surface area contributed by atoms with Crippen LogP contribution in [0.15, 0.2) is 35.8 Å². The molecule has 1 aliphatic heterocycles. The van der Waals surface area contributed by atoms with Gasteiger partial charge in [0, 0.05) is 31.7 Å². The lowest BCUT2D eigenvalue weighted by Gasteiger charge is -2.25. The Hall–Kier alpha value is -1.88. The number of aromatic nitrogens is 1. The number of hydrogen-bond donors (Lipinski definition) is 0. The second kappa shape index (κ2) is 6.48. The highest BCUT2D eigenvalue weighted by Gasteiger charge is 2.30. The van der Waals surface area contributed by atoms with Crippen molar-refractivity contribution >= 4 is 23.1 Å². The molecule has 116 valence electrons. The van der Waals surface area contributed by atoms with Crippen molar-refractivity contribution in [2.75, 3.05) is 25.5 Å². The van der Waals surface area contributed by atoms with Crippen molar-refractivity contribution in [2.45, 2.75) is 25.3 Å². The van der Waals surface area contributed by atoms with Crippen molar-refractivity contribution in [3.8, 4) is 0 Å². The fourth-order valence-electron chi connectivity index (χ4n) is 2.96. The molecule has 0 N–H and O–H groups in total. The van der Waals surface area contributed by atoms with Gasteiger partial charge in [0.15, 0.2) is 0 Å². The summed E-state index contributed by atoms with van der Waals surface area (Å²) in [5.41, 5.74) is 1.19. The van der Waals surface area contributed by atoms with E-state index < -0.39 is 0 Å². The Morgan fingerprint density at radius 3 is 3.05 bits per heavy atom. The normalized spacial score (nSPS) is 17.7. The van der Waals surface area contributed by atoms with Crippen LogP contribution in [0.25, 0.3) is 0 Å². The van der Waals surface area contributed by atoms with Gasteiger partial charge >= 0.3 is 0 Å². The Labute approximate surface area is 135 Å². The molecule has 2 aromatic rings. The minimum atomic E-state index is 0.189. The largest absolute Gasteiger partial charge is 0.363 e. The zero-order valence-corrected chi connectivity index (χ0v) is 13.8. The number of amides is 1. The average molecular weight is 315 g/mol. The van der Waals surface area contributed by atoms with E-state index in [1.165, 1.54) is 5.56 Å². The molecule has 1 saturated heterocycles. The summed E-state index contributed by atoms with van der Waals surface area (Å²) in [5, 5.41) is 2.02. The van der Waals surface area contributed by atoms with Crippen molar-refractivity contribution in [3.63, 3.8) is 0 Å². The van der Waals surface area contributed by atoms with Gasteiger partial charge in [-0.25, -0.2) is 4.98 Å². The number of carbonyl (C=O) groups excluding carboxylic acids is 1. The number of pyridine rings is 1. The van der Waals surface area contributed by atoms with E-state index in [9.17, 15) is 4.79 Å². The van der Waals surface area contributed by atoms with Crippen LogP contribution in [0.4, 0.5) is 5.82 Å². The van der Waals surface area contributed by atoms with E-state index in [-0.39, 0.29) is 11.9 Å². The van der Waals surface area contributed by atoms with E-state index in [2.05, 4.69) is 11.1 Å². The molecule has 1 aliphatic rings. The number of likely N-dealkylation sites (tertiary alicyclic amines) is 1. The minimum absolute atomic E-state index is 0.189. The molecule has 5 heteroatoms. The Bertz CT molecular complexity index is 639. The molecule has 0 radical (unpaired) electrons. The summed E-state index contributed by atoms with van der Waals surface area (Å²) in [7, 11) is 3.97. The molecule has 0 bridgehead atoms. The molecule has 1 fully saturated rings. The SMILES string of the molecule is CN(C)c1cc(C2CCCN2C(=O)Cc2cccs2)ccn1. The second-order valence-electron chi connectivity index (χ2n) is 5.84. The summed E-state index contributed by atoms with van der Waals surface area (Å²) in [5.74, 6) is 1.17. The first-order chi connectivity index (χ1) is 10.6. The first-order valence-corrected chi connectivity index (χ1v) is 8.48. The zero-order chi connectivity index (χ0) is 15.5. The maximum atomic E-state index is 12.6. The molecule has 1 unspecified atom stereocenters. The number of anilines is 1. The number of rotatable bonds is 4. The third-order valence-electron chi connectivity index (χ3n) is 4.09. The zero-order valence-electron chi connectivity index (χ0n) is 13.0. The Morgan fingerprint density at radius 1 is 1.45 bits per heavy atom. The lowest BCUT2D eigenvalue weighted by Crippen LogP contribution is -2.31. The van der Waals surface area contributed by atoms with Gasteiger partial charge in [-0.3, -0.25) is 4.79 Å². The smallest absolute Gasteiger partial charge is 0.228 e. The molecule has 1 atom stereocenters. The van der Waals surface area contributed by atoms with E-state index in [4.69, 9.17) is 0 Å². The molecule has 4 nitrogen and oxygen atoms in total. The van der Waals surface area contributed by atoms with Crippen molar-refractivity contribution in [1.29, 1.82) is 0 Å². The van der Waals surface area contributed by atoms with Crippen molar-refractivity contribution in [1.82, 2.24) is 9.88 Å². The van der Waals surface area contributed by atoms with E-state index >= 15 is 0 Å². The van der Waals surface area contributed by atoms with E-state index in [0.29, 0.717) is 6.42 Å². The highest BCUT2D eigenvalue weighted by molar-refractivity contribution is 7.10. The molecular weight excluding hydrogens is 294 g/mol. The minimum Gasteiger partial charge on any atom is -0.363 e. The van der Waals surface area contributed by atoms with Gasteiger partial charge in [0.25, 0.3) is 0 Å². The lowest BCUT2D eigenvalue weighted by molar-refractivity contribution is -0.131. The Kier molecular flexibility index (Phi) is 4.43. The van der Waals surface area contributed by atoms with Gasteiger partial charge in [0.1, 0.15) is 5.82 Å². The first-order valence-electron chi connectivity index (χ1n) is 7.60. The molecule has 22 heavy (non-hydrogen) atoms. The number of nitrogens with zero attached hydrogens (tertiary/aromatic N) is 3. The van der Waals surface area contributed by atoms with Crippen LogP contribution in [0.3, 0.4) is 0 Å². The first kappa shape index (κ1) is 15.0. The Morgan fingerprint density at radius 2 is 2.32 bits per heavy atom.